The van der Waals surface area contributed by atoms with E-state index in [9.17, 15) is 9.59 Å². The van der Waals surface area contributed by atoms with Crippen LogP contribution >= 0.6 is 0 Å². The van der Waals surface area contributed by atoms with Crippen molar-refractivity contribution < 1.29 is 18.7 Å². The fourth-order valence-electron chi connectivity index (χ4n) is 4.65. The van der Waals surface area contributed by atoms with Crippen LogP contribution in [0.2, 0.25) is 0 Å². The molecule has 7 nitrogen and oxygen atoms in total. The van der Waals surface area contributed by atoms with Crippen LogP contribution in [0.1, 0.15) is 33.4 Å². The van der Waals surface area contributed by atoms with Crippen molar-refractivity contribution in [2.45, 2.75) is 12.5 Å². The Hall–Kier alpha value is -4.00. The molecule has 0 fully saturated rings. The van der Waals surface area contributed by atoms with Gasteiger partial charge in [0.25, 0.3) is 5.91 Å². The molecule has 1 N–H and O–H groups in total. The molecule has 2 aromatic carbocycles. The highest BCUT2D eigenvalue weighted by atomic mass is 16.5. The first kappa shape index (κ1) is 20.9. The number of hydrogen-bond donors (Lipinski definition) is 1. The SMILES string of the molecule is COc1ccc([C@@H]2c3c(n(C)c4ccccc34)C(=O)N2CC(=O)NCCc2ccco2)cc1. The minimum absolute atomic E-state index is 0.0311. The number of benzene rings is 2. The highest BCUT2D eigenvalue weighted by Crippen LogP contribution is 2.43. The smallest absolute Gasteiger partial charge is 0.272 e. The van der Waals surface area contributed by atoms with Gasteiger partial charge >= 0.3 is 0 Å². The molecule has 2 aromatic heterocycles. The Bertz CT molecular complexity index is 1310. The molecule has 3 heterocycles. The Kier molecular flexibility index (Phi) is 5.38. The number of ether oxygens (including phenoxy) is 1. The molecule has 1 aliphatic heterocycles. The minimum atomic E-state index is -0.361. The van der Waals surface area contributed by atoms with Crippen LogP contribution < -0.4 is 10.1 Å². The topological polar surface area (TPSA) is 76.7 Å². The fraction of sp³-hybridized carbons (Fsp3) is 0.231. The van der Waals surface area contributed by atoms with Gasteiger partial charge in [0.05, 0.1) is 19.4 Å². The van der Waals surface area contributed by atoms with Crippen LogP contribution in [0.4, 0.5) is 0 Å². The molecule has 0 aliphatic carbocycles. The summed E-state index contributed by atoms with van der Waals surface area (Å²) in [5.74, 6) is 1.20. The van der Waals surface area contributed by atoms with Gasteiger partial charge in [0.1, 0.15) is 23.7 Å². The second-order valence-electron chi connectivity index (χ2n) is 8.13. The average Bonchev–Trinajstić information content (AvgIpc) is 3.52. The molecule has 0 radical (unpaired) electrons. The maximum absolute atomic E-state index is 13.6. The normalized spacial score (nSPS) is 15.2. The van der Waals surface area contributed by atoms with E-state index < -0.39 is 0 Å². The molecular formula is C26H25N3O4. The summed E-state index contributed by atoms with van der Waals surface area (Å²) in [5.41, 5.74) is 3.49. The monoisotopic (exact) mass is 443 g/mol. The van der Waals surface area contributed by atoms with E-state index in [4.69, 9.17) is 9.15 Å². The number of para-hydroxylation sites is 1. The molecule has 7 heteroatoms. The van der Waals surface area contributed by atoms with Crippen LogP contribution in [-0.4, -0.2) is 41.5 Å². The summed E-state index contributed by atoms with van der Waals surface area (Å²) in [6.45, 7) is 0.411. The zero-order chi connectivity index (χ0) is 22.9. The lowest BCUT2D eigenvalue weighted by atomic mass is 9.98. The van der Waals surface area contributed by atoms with Crippen molar-refractivity contribution in [3.05, 3.63) is 89.5 Å². The van der Waals surface area contributed by atoms with Crippen LogP contribution in [0.3, 0.4) is 0 Å². The molecule has 0 saturated carbocycles. The Morgan fingerprint density at radius 3 is 2.61 bits per heavy atom. The van der Waals surface area contributed by atoms with Gasteiger partial charge in [0.15, 0.2) is 0 Å². The lowest BCUT2D eigenvalue weighted by Crippen LogP contribution is -2.40. The zero-order valence-electron chi connectivity index (χ0n) is 18.6. The lowest BCUT2D eigenvalue weighted by molar-refractivity contribution is -0.122. The summed E-state index contributed by atoms with van der Waals surface area (Å²) in [6, 6.07) is 19.0. The molecule has 1 aliphatic rings. The fourth-order valence-corrected chi connectivity index (χ4v) is 4.65. The highest BCUT2D eigenvalue weighted by Gasteiger charge is 2.42. The number of methoxy groups -OCH3 is 1. The molecule has 1 atom stereocenters. The maximum Gasteiger partial charge on any atom is 0.272 e. The average molecular weight is 444 g/mol. The van der Waals surface area contributed by atoms with Gasteiger partial charge in [-0.05, 0) is 35.9 Å². The Labute approximate surface area is 191 Å². The van der Waals surface area contributed by atoms with Gasteiger partial charge < -0.3 is 23.9 Å². The van der Waals surface area contributed by atoms with Gasteiger partial charge in [-0.2, -0.15) is 0 Å². The largest absolute Gasteiger partial charge is 0.497 e. The Morgan fingerprint density at radius 1 is 1.09 bits per heavy atom. The zero-order valence-corrected chi connectivity index (χ0v) is 18.6. The van der Waals surface area contributed by atoms with Crippen LogP contribution in [0, 0.1) is 0 Å². The van der Waals surface area contributed by atoms with E-state index in [0.717, 1.165) is 33.5 Å². The van der Waals surface area contributed by atoms with E-state index in [1.165, 1.54) is 0 Å². The molecule has 0 unspecified atom stereocenters. The van der Waals surface area contributed by atoms with Crippen molar-refractivity contribution in [2.75, 3.05) is 20.2 Å². The van der Waals surface area contributed by atoms with Crippen LogP contribution in [0.5, 0.6) is 5.75 Å². The van der Waals surface area contributed by atoms with E-state index in [2.05, 4.69) is 5.32 Å². The second-order valence-corrected chi connectivity index (χ2v) is 8.13. The third-order valence-electron chi connectivity index (χ3n) is 6.21. The van der Waals surface area contributed by atoms with E-state index in [1.807, 2.05) is 72.3 Å². The standard InChI is InChI=1S/C26H25N3O4/c1-28-21-8-4-3-7-20(21)23-24(17-9-11-18(32-2)12-10-17)29(26(31)25(23)28)16-22(30)27-14-13-19-6-5-15-33-19/h3-12,15,24H,13-14,16H2,1-2H3,(H,27,30)/t24-/m1/s1. The summed E-state index contributed by atoms with van der Waals surface area (Å²) in [7, 11) is 3.52. The molecule has 33 heavy (non-hydrogen) atoms. The van der Waals surface area contributed by atoms with Gasteiger partial charge in [-0.3, -0.25) is 9.59 Å². The van der Waals surface area contributed by atoms with Gasteiger partial charge in [-0.25, -0.2) is 0 Å². The number of amides is 2. The number of fused-ring (bicyclic) bond motifs is 3. The summed E-state index contributed by atoms with van der Waals surface area (Å²) in [4.78, 5) is 28.0. The van der Waals surface area contributed by atoms with Gasteiger partial charge in [0.2, 0.25) is 5.91 Å². The van der Waals surface area contributed by atoms with Crippen molar-refractivity contribution in [3.8, 4) is 5.75 Å². The van der Waals surface area contributed by atoms with Gasteiger partial charge in [-0.1, -0.05) is 30.3 Å². The van der Waals surface area contributed by atoms with Crippen LogP contribution in [0.25, 0.3) is 10.9 Å². The molecule has 0 saturated heterocycles. The highest BCUT2D eigenvalue weighted by molar-refractivity contribution is 6.07. The van der Waals surface area contributed by atoms with Gasteiger partial charge in [0, 0.05) is 36.5 Å². The molecule has 4 aromatic rings. The third-order valence-corrected chi connectivity index (χ3v) is 6.21. The number of carbonyl (C=O) groups excluding carboxylic acids is 2. The Morgan fingerprint density at radius 2 is 1.88 bits per heavy atom. The summed E-state index contributed by atoms with van der Waals surface area (Å²) < 4.78 is 12.6. The summed E-state index contributed by atoms with van der Waals surface area (Å²) >= 11 is 0. The van der Waals surface area contributed by atoms with Crippen molar-refractivity contribution in [2.24, 2.45) is 7.05 Å². The van der Waals surface area contributed by atoms with Crippen molar-refractivity contribution >= 4 is 22.7 Å². The predicted molar refractivity (Wildman–Crippen MR) is 124 cm³/mol. The first-order valence-electron chi connectivity index (χ1n) is 10.9. The minimum Gasteiger partial charge on any atom is -0.497 e. The number of furan rings is 1. The van der Waals surface area contributed by atoms with Gasteiger partial charge in [-0.15, -0.1) is 0 Å². The molecule has 0 spiro atoms. The second kappa shape index (κ2) is 8.50. The third kappa shape index (κ3) is 3.65. The van der Waals surface area contributed by atoms with E-state index in [0.29, 0.717) is 18.7 Å². The van der Waals surface area contributed by atoms with Crippen LogP contribution in [0.15, 0.2) is 71.3 Å². The molecule has 0 bridgehead atoms. The number of carbonyl (C=O) groups is 2. The maximum atomic E-state index is 13.6. The lowest BCUT2D eigenvalue weighted by Gasteiger charge is -2.26. The first-order valence-corrected chi connectivity index (χ1v) is 10.9. The quantitative estimate of drug-likeness (QED) is 0.473. The predicted octanol–water partition coefficient (Wildman–Crippen LogP) is 3.68. The number of rotatable bonds is 7. The van der Waals surface area contributed by atoms with E-state index >= 15 is 0 Å². The number of aryl methyl sites for hydroxylation is 1. The van der Waals surface area contributed by atoms with Crippen molar-refractivity contribution in [3.63, 3.8) is 0 Å². The number of hydrogen-bond acceptors (Lipinski definition) is 4. The summed E-state index contributed by atoms with van der Waals surface area (Å²) in [6.07, 6.45) is 2.21. The number of nitrogens with zero attached hydrogens (tertiary/aromatic N) is 2. The molecule has 168 valence electrons. The molecular weight excluding hydrogens is 418 g/mol. The van der Waals surface area contributed by atoms with E-state index in [-0.39, 0.29) is 24.4 Å². The number of aromatic nitrogens is 1. The number of nitrogens with one attached hydrogen (secondary N) is 1. The first-order chi connectivity index (χ1) is 16.1. The summed E-state index contributed by atoms with van der Waals surface area (Å²) in [5, 5.41) is 3.93. The van der Waals surface area contributed by atoms with Crippen molar-refractivity contribution in [1.29, 1.82) is 0 Å². The van der Waals surface area contributed by atoms with Crippen molar-refractivity contribution in [1.82, 2.24) is 14.8 Å². The van der Waals surface area contributed by atoms with E-state index in [1.54, 1.807) is 18.3 Å². The van der Waals surface area contributed by atoms with Crippen LogP contribution in [-0.2, 0) is 18.3 Å². The molecule has 5 rings (SSSR count). The Balaban J connectivity index is 1.47. The molecule has 2 amide bonds.